The van der Waals surface area contributed by atoms with Crippen molar-refractivity contribution in [3.63, 3.8) is 0 Å². The lowest BCUT2D eigenvalue weighted by Gasteiger charge is -2.34. The number of rotatable bonds is 6. The number of sulfonamides is 1. The molecule has 1 saturated heterocycles. The quantitative estimate of drug-likeness (QED) is 0.709. The van der Waals surface area contributed by atoms with Gasteiger partial charge in [-0.3, -0.25) is 9.69 Å². The minimum absolute atomic E-state index is 0.0445. The van der Waals surface area contributed by atoms with Gasteiger partial charge in [0.1, 0.15) is 0 Å². The minimum Gasteiger partial charge on any atom is -0.339 e. The molecule has 1 heterocycles. The van der Waals surface area contributed by atoms with E-state index in [9.17, 15) is 13.2 Å². The minimum atomic E-state index is -3.51. The van der Waals surface area contributed by atoms with Crippen molar-refractivity contribution >= 4 is 15.9 Å². The molecule has 1 fully saturated rings. The molecule has 0 N–H and O–H groups in total. The maximum Gasteiger partial charge on any atom is 0.243 e. The Balaban J connectivity index is 1.32. The molecule has 2 aromatic carbocycles. The van der Waals surface area contributed by atoms with E-state index in [-0.39, 0.29) is 5.91 Å². The fourth-order valence-corrected chi connectivity index (χ4v) is 5.79. The molecule has 2 aliphatic rings. The van der Waals surface area contributed by atoms with Crippen LogP contribution in [0.4, 0.5) is 0 Å². The molecular weight excluding hydrogens is 398 g/mol. The zero-order valence-corrected chi connectivity index (χ0v) is 18.3. The fraction of sp³-hybridized carbons (Fsp3) is 0.435. The molecule has 7 heteroatoms. The summed E-state index contributed by atoms with van der Waals surface area (Å²) in [5.74, 6) is 0.0445. The van der Waals surface area contributed by atoms with E-state index in [1.54, 1.807) is 11.0 Å². The molecule has 160 valence electrons. The van der Waals surface area contributed by atoms with Crippen molar-refractivity contribution in [2.24, 2.45) is 0 Å². The maximum atomic E-state index is 13.1. The predicted molar refractivity (Wildman–Crippen MR) is 117 cm³/mol. The van der Waals surface area contributed by atoms with Crippen molar-refractivity contribution in [3.8, 4) is 0 Å². The second kappa shape index (κ2) is 8.88. The number of hydrogen-bond donors (Lipinski definition) is 0. The highest BCUT2D eigenvalue weighted by molar-refractivity contribution is 7.89. The van der Waals surface area contributed by atoms with Crippen molar-refractivity contribution in [3.05, 3.63) is 65.2 Å². The van der Waals surface area contributed by atoms with E-state index in [4.69, 9.17) is 0 Å². The summed E-state index contributed by atoms with van der Waals surface area (Å²) in [6.07, 6.45) is 3.09. The largest absolute Gasteiger partial charge is 0.339 e. The number of hydrogen-bond acceptors (Lipinski definition) is 4. The summed E-state index contributed by atoms with van der Waals surface area (Å²) in [5.41, 5.74) is 3.59. The molecule has 0 bridgehead atoms. The lowest BCUT2D eigenvalue weighted by molar-refractivity contribution is -0.133. The number of likely N-dealkylation sites (N-methyl/N-ethyl adjacent to an activating group) is 1. The van der Waals surface area contributed by atoms with Crippen LogP contribution in [-0.2, 0) is 34.2 Å². The van der Waals surface area contributed by atoms with Crippen molar-refractivity contribution in [2.45, 2.75) is 30.7 Å². The molecule has 0 radical (unpaired) electrons. The maximum absolute atomic E-state index is 13.1. The Labute approximate surface area is 179 Å². The van der Waals surface area contributed by atoms with Crippen molar-refractivity contribution < 1.29 is 13.2 Å². The summed E-state index contributed by atoms with van der Waals surface area (Å²) in [7, 11) is -1.58. The number of benzene rings is 2. The average Bonchev–Trinajstić information content (AvgIpc) is 3.22. The van der Waals surface area contributed by atoms with Crippen molar-refractivity contribution in [1.29, 1.82) is 0 Å². The molecule has 1 aliphatic heterocycles. The third-order valence-corrected chi connectivity index (χ3v) is 7.89. The number of carbonyl (C=O) groups excluding carboxylic acids is 1. The van der Waals surface area contributed by atoms with Gasteiger partial charge in [0.25, 0.3) is 0 Å². The van der Waals surface area contributed by atoms with Gasteiger partial charge in [-0.05, 0) is 55.1 Å². The topological polar surface area (TPSA) is 60.9 Å². The molecule has 6 nitrogen and oxygen atoms in total. The van der Waals surface area contributed by atoms with E-state index in [0.29, 0.717) is 44.2 Å². The zero-order valence-electron chi connectivity index (χ0n) is 17.5. The molecule has 1 aliphatic carbocycles. The first-order valence-electron chi connectivity index (χ1n) is 10.6. The predicted octanol–water partition coefficient (Wildman–Crippen LogP) is 2.14. The van der Waals surface area contributed by atoms with Gasteiger partial charge in [-0.2, -0.15) is 4.31 Å². The van der Waals surface area contributed by atoms with Crippen LogP contribution in [-0.4, -0.2) is 68.2 Å². The molecule has 0 saturated carbocycles. The zero-order chi connectivity index (χ0) is 21.1. The Hall–Kier alpha value is -2.22. The Bertz CT molecular complexity index is 1000. The first-order valence-corrected chi connectivity index (χ1v) is 12.0. The fourth-order valence-electron chi connectivity index (χ4n) is 4.32. The Morgan fingerprint density at radius 2 is 1.67 bits per heavy atom. The van der Waals surface area contributed by atoms with E-state index >= 15 is 0 Å². The second-order valence-electron chi connectivity index (χ2n) is 8.23. The van der Waals surface area contributed by atoms with E-state index in [2.05, 4.69) is 0 Å². The van der Waals surface area contributed by atoms with Gasteiger partial charge >= 0.3 is 0 Å². The van der Waals surface area contributed by atoms with Gasteiger partial charge in [0.05, 0.1) is 11.4 Å². The highest BCUT2D eigenvalue weighted by Gasteiger charge is 2.31. The molecule has 0 aromatic heterocycles. The standard InChI is InChI=1S/C23H29N3O3S/c1-24(17-19-6-3-2-4-7-19)18-23(27)25-12-14-26(15-13-25)30(28,29)22-11-10-20-8-5-9-21(20)16-22/h2-4,6-7,10-11,16H,5,8-9,12-15,17-18H2,1H3. The van der Waals surface area contributed by atoms with Gasteiger partial charge in [-0.15, -0.1) is 0 Å². The number of carbonyl (C=O) groups is 1. The van der Waals surface area contributed by atoms with Crippen LogP contribution in [0.5, 0.6) is 0 Å². The molecular formula is C23H29N3O3S. The van der Waals surface area contributed by atoms with E-state index < -0.39 is 10.0 Å². The number of aryl methyl sites for hydroxylation is 2. The lowest BCUT2D eigenvalue weighted by atomic mass is 10.1. The number of piperazine rings is 1. The van der Waals surface area contributed by atoms with Gasteiger partial charge in [-0.25, -0.2) is 8.42 Å². The van der Waals surface area contributed by atoms with Gasteiger partial charge < -0.3 is 4.90 Å². The molecule has 1 amide bonds. The molecule has 2 aromatic rings. The summed E-state index contributed by atoms with van der Waals surface area (Å²) in [5, 5.41) is 0. The summed E-state index contributed by atoms with van der Waals surface area (Å²) in [4.78, 5) is 16.8. The molecule has 30 heavy (non-hydrogen) atoms. The van der Waals surface area contributed by atoms with Gasteiger partial charge in [-0.1, -0.05) is 36.4 Å². The van der Waals surface area contributed by atoms with Crippen LogP contribution in [0.3, 0.4) is 0 Å². The van der Waals surface area contributed by atoms with E-state index in [0.717, 1.165) is 30.4 Å². The van der Waals surface area contributed by atoms with E-state index in [1.165, 1.54) is 9.87 Å². The molecule has 4 rings (SSSR count). The SMILES string of the molecule is CN(CC(=O)N1CCN(S(=O)(=O)c2ccc3c(c2)CCC3)CC1)Cc1ccccc1. The van der Waals surface area contributed by atoms with Crippen LogP contribution >= 0.6 is 0 Å². The Kier molecular flexibility index (Phi) is 6.22. The van der Waals surface area contributed by atoms with Crippen LogP contribution in [0.15, 0.2) is 53.4 Å². The van der Waals surface area contributed by atoms with E-state index in [1.807, 2.05) is 54.4 Å². The Morgan fingerprint density at radius 1 is 0.967 bits per heavy atom. The van der Waals surface area contributed by atoms with Gasteiger partial charge in [0.15, 0.2) is 0 Å². The molecule has 0 spiro atoms. The van der Waals surface area contributed by atoms with Crippen LogP contribution < -0.4 is 0 Å². The number of nitrogens with zero attached hydrogens (tertiary/aromatic N) is 3. The highest BCUT2D eigenvalue weighted by Crippen LogP contribution is 2.26. The van der Waals surface area contributed by atoms with Crippen LogP contribution in [0.25, 0.3) is 0 Å². The third-order valence-electron chi connectivity index (χ3n) is 6.00. The average molecular weight is 428 g/mol. The molecule has 0 unspecified atom stereocenters. The van der Waals surface area contributed by atoms with Crippen LogP contribution in [0.1, 0.15) is 23.1 Å². The van der Waals surface area contributed by atoms with Crippen LogP contribution in [0, 0.1) is 0 Å². The van der Waals surface area contributed by atoms with Crippen LogP contribution in [0.2, 0.25) is 0 Å². The highest BCUT2D eigenvalue weighted by atomic mass is 32.2. The first kappa shape index (κ1) is 21.0. The van der Waals surface area contributed by atoms with Crippen molar-refractivity contribution in [2.75, 3.05) is 39.8 Å². The lowest BCUT2D eigenvalue weighted by Crippen LogP contribution is -2.52. The number of amides is 1. The summed E-state index contributed by atoms with van der Waals surface area (Å²) in [6, 6.07) is 15.6. The first-order chi connectivity index (χ1) is 14.4. The summed E-state index contributed by atoms with van der Waals surface area (Å²) < 4.78 is 27.6. The number of fused-ring (bicyclic) bond motifs is 1. The Morgan fingerprint density at radius 3 is 2.40 bits per heavy atom. The smallest absolute Gasteiger partial charge is 0.243 e. The van der Waals surface area contributed by atoms with Crippen molar-refractivity contribution in [1.82, 2.24) is 14.1 Å². The van der Waals surface area contributed by atoms with Gasteiger partial charge in [0.2, 0.25) is 15.9 Å². The normalized spacial score (nSPS) is 17.3. The van der Waals surface area contributed by atoms with Gasteiger partial charge in [0, 0.05) is 32.7 Å². The molecule has 0 atom stereocenters. The summed E-state index contributed by atoms with van der Waals surface area (Å²) >= 11 is 0. The second-order valence-corrected chi connectivity index (χ2v) is 10.2. The monoisotopic (exact) mass is 427 g/mol. The summed E-state index contributed by atoms with van der Waals surface area (Å²) in [6.45, 7) is 2.58. The third kappa shape index (κ3) is 4.58.